The zero-order valence-corrected chi connectivity index (χ0v) is 27.2. The summed E-state index contributed by atoms with van der Waals surface area (Å²) in [6.07, 6.45) is 5.80. The summed E-state index contributed by atoms with van der Waals surface area (Å²) in [5.74, 6) is -5.69. The van der Waals surface area contributed by atoms with Crippen molar-refractivity contribution in [1.29, 1.82) is 0 Å². The first kappa shape index (κ1) is 35.7. The molecule has 1 saturated heterocycles. The number of fused-ring (bicyclic) bond motifs is 1. The number of rotatable bonds is 15. The summed E-state index contributed by atoms with van der Waals surface area (Å²) in [6.45, 7) is 2.78. The lowest BCUT2D eigenvalue weighted by Crippen LogP contribution is -2.71. The minimum absolute atomic E-state index is 0.0158. The van der Waals surface area contributed by atoms with Crippen LogP contribution < -0.4 is 16.5 Å². The van der Waals surface area contributed by atoms with Crippen LogP contribution in [0.25, 0.3) is 6.08 Å². The van der Waals surface area contributed by atoms with E-state index in [9.17, 15) is 44.1 Å². The number of carbonyl (C=O) groups is 5. The minimum atomic E-state index is -1.81. The van der Waals surface area contributed by atoms with Crippen LogP contribution in [0.2, 0.25) is 0 Å². The van der Waals surface area contributed by atoms with Gasteiger partial charge in [0.15, 0.2) is 16.6 Å². The van der Waals surface area contributed by atoms with Crippen LogP contribution in [0.15, 0.2) is 44.9 Å². The molecule has 2 amide bonds. The lowest BCUT2D eigenvalue weighted by Gasteiger charge is -2.49. The Hall–Kier alpha value is -5.17. The third kappa shape index (κ3) is 8.03. The average Bonchev–Trinajstić information content (AvgIpc) is 3.45. The van der Waals surface area contributed by atoms with Gasteiger partial charge in [0.2, 0.25) is 11.0 Å². The SMILES string of the molecule is CC(C)(ON=C(C(=O)N[C@@H]1C(=O)N2C(C(=O)O)=C(C=Cc3cc(=O)c(O)cn3CCCCCC(=O)O)CS[C@H]12)c1csc(N)n1)C(=O)O. The number of unbranched alkanes of at least 4 members (excludes halogenated alkanes) is 2. The molecule has 0 radical (unpaired) electrons. The number of hydrogen-bond acceptors (Lipinski definition) is 13. The molecule has 4 rings (SSSR count). The van der Waals surface area contributed by atoms with Crippen molar-refractivity contribution in [2.45, 2.75) is 63.1 Å². The minimum Gasteiger partial charge on any atom is -0.503 e. The number of amides is 2. The normalized spacial score (nSPS) is 18.0. The Labute approximate surface area is 280 Å². The Morgan fingerprint density at radius 2 is 1.90 bits per heavy atom. The zero-order valence-electron chi connectivity index (χ0n) is 25.6. The van der Waals surface area contributed by atoms with Gasteiger partial charge < -0.3 is 40.9 Å². The molecule has 256 valence electrons. The number of pyridine rings is 1. The van der Waals surface area contributed by atoms with E-state index < -0.39 is 63.6 Å². The van der Waals surface area contributed by atoms with Gasteiger partial charge in [-0.3, -0.25) is 24.1 Å². The van der Waals surface area contributed by atoms with Crippen molar-refractivity contribution in [3.05, 3.63) is 56.6 Å². The molecule has 0 aromatic carbocycles. The van der Waals surface area contributed by atoms with E-state index in [1.807, 2.05) is 0 Å². The summed E-state index contributed by atoms with van der Waals surface area (Å²) in [5.41, 5.74) is 3.04. The van der Waals surface area contributed by atoms with E-state index in [1.54, 1.807) is 4.57 Å². The van der Waals surface area contributed by atoms with Gasteiger partial charge in [-0.1, -0.05) is 17.7 Å². The number of aromatic hydroxyl groups is 1. The largest absolute Gasteiger partial charge is 0.503 e. The van der Waals surface area contributed by atoms with Crippen molar-refractivity contribution in [2.75, 3.05) is 11.5 Å². The van der Waals surface area contributed by atoms with Crippen LogP contribution in [0.3, 0.4) is 0 Å². The van der Waals surface area contributed by atoms with Gasteiger partial charge in [-0.05, 0) is 38.3 Å². The van der Waals surface area contributed by atoms with Crippen LogP contribution >= 0.6 is 23.1 Å². The fraction of sp³-hybridized carbons (Fsp3) is 0.379. The monoisotopic (exact) mass is 704 g/mol. The number of thiazole rings is 1. The summed E-state index contributed by atoms with van der Waals surface area (Å²) in [4.78, 5) is 83.5. The molecule has 17 nitrogen and oxygen atoms in total. The number of carbonyl (C=O) groups excluding carboxylic acids is 2. The van der Waals surface area contributed by atoms with E-state index in [-0.39, 0.29) is 34.3 Å². The predicted octanol–water partition coefficient (Wildman–Crippen LogP) is 1.27. The molecule has 0 aliphatic carbocycles. The molecule has 0 unspecified atom stereocenters. The lowest BCUT2D eigenvalue weighted by molar-refractivity contribution is -0.161. The van der Waals surface area contributed by atoms with Crippen LogP contribution in [0.5, 0.6) is 5.75 Å². The highest BCUT2D eigenvalue weighted by Crippen LogP contribution is 2.41. The lowest BCUT2D eigenvalue weighted by atomic mass is 10.0. The van der Waals surface area contributed by atoms with Crippen molar-refractivity contribution >= 4 is 69.7 Å². The number of aromatic nitrogens is 2. The molecule has 7 N–H and O–H groups in total. The second-order valence-corrected chi connectivity index (χ2v) is 13.1. The molecule has 2 aromatic heterocycles. The van der Waals surface area contributed by atoms with Gasteiger partial charge in [-0.15, -0.1) is 23.1 Å². The molecule has 2 aliphatic rings. The van der Waals surface area contributed by atoms with E-state index in [0.717, 1.165) is 16.2 Å². The number of carboxylic acids is 3. The Morgan fingerprint density at radius 1 is 1.17 bits per heavy atom. The first-order valence-corrected chi connectivity index (χ1v) is 16.3. The average molecular weight is 705 g/mol. The maximum absolute atomic E-state index is 13.3. The number of nitrogens with two attached hydrogens (primary N) is 1. The van der Waals surface area contributed by atoms with Crippen molar-refractivity contribution in [2.24, 2.45) is 5.16 Å². The van der Waals surface area contributed by atoms with Crippen molar-refractivity contribution in [3.63, 3.8) is 0 Å². The Bertz CT molecular complexity index is 1800. The van der Waals surface area contributed by atoms with Crippen LogP contribution in [0.1, 0.15) is 50.9 Å². The number of nitrogen functional groups attached to an aromatic ring is 1. The zero-order chi connectivity index (χ0) is 35.3. The molecule has 0 bridgehead atoms. The van der Waals surface area contributed by atoms with Gasteiger partial charge in [0.05, 0.1) is 6.20 Å². The summed E-state index contributed by atoms with van der Waals surface area (Å²) >= 11 is 2.16. The fourth-order valence-corrected chi connectivity index (χ4v) is 6.48. The first-order chi connectivity index (χ1) is 22.6. The Morgan fingerprint density at radius 3 is 2.52 bits per heavy atom. The first-order valence-electron chi connectivity index (χ1n) is 14.4. The maximum Gasteiger partial charge on any atom is 0.352 e. The highest BCUT2D eigenvalue weighted by atomic mass is 32.2. The Kier molecular flexibility index (Phi) is 10.9. The Balaban J connectivity index is 1.54. The van der Waals surface area contributed by atoms with Crippen molar-refractivity contribution < 1.29 is 49.2 Å². The van der Waals surface area contributed by atoms with E-state index in [2.05, 4.69) is 15.5 Å². The smallest absolute Gasteiger partial charge is 0.352 e. The topological polar surface area (TPSA) is 264 Å². The molecule has 0 spiro atoms. The molecule has 2 aromatic rings. The molecular formula is C29H32N6O11S2. The fourth-order valence-electron chi connectivity index (χ4n) is 4.62. The van der Waals surface area contributed by atoms with Gasteiger partial charge in [-0.25, -0.2) is 14.6 Å². The number of allylic oxidation sites excluding steroid dienone is 1. The number of aryl methyl sites for hydroxylation is 1. The van der Waals surface area contributed by atoms with E-state index in [4.69, 9.17) is 15.7 Å². The number of thioether (sulfide) groups is 1. The summed E-state index contributed by atoms with van der Waals surface area (Å²) in [7, 11) is 0. The molecule has 2 aliphatic heterocycles. The number of oxime groups is 1. The van der Waals surface area contributed by atoms with Crippen molar-refractivity contribution in [1.82, 2.24) is 19.8 Å². The number of nitrogens with one attached hydrogen (secondary N) is 1. The molecular weight excluding hydrogens is 672 g/mol. The number of nitrogens with zero attached hydrogens (tertiary/aromatic N) is 4. The second kappa shape index (κ2) is 14.7. The molecule has 4 heterocycles. The molecule has 0 saturated carbocycles. The second-order valence-electron chi connectivity index (χ2n) is 11.1. The van der Waals surface area contributed by atoms with Gasteiger partial charge in [0, 0.05) is 35.9 Å². The van der Waals surface area contributed by atoms with Crippen LogP contribution in [-0.2, 0) is 35.4 Å². The quantitative estimate of drug-likeness (QED) is 0.0660. The standard InChI is InChI=1S/C29H32N6O11S2/c1-29(2,27(44)45)46-33-20(16-13-48-28(30)31-16)23(40)32-21-24(41)35-22(26(42)43)14(12-47-25(21)35)7-8-15-10-17(36)18(37)11-34(15)9-5-3-4-6-19(38)39/h7-8,10-11,13,21,25,37H,3-6,9,12H2,1-2H3,(H2,30,31)(H,32,40)(H,38,39)(H,42,43)(H,44,45)/t21-,25-/m1/s1. The summed E-state index contributed by atoms with van der Waals surface area (Å²) < 4.78 is 1.59. The molecule has 2 atom stereocenters. The summed E-state index contributed by atoms with van der Waals surface area (Å²) in [5, 5.41) is 45.1. The van der Waals surface area contributed by atoms with Crippen molar-refractivity contribution in [3.8, 4) is 5.75 Å². The summed E-state index contributed by atoms with van der Waals surface area (Å²) in [6, 6.07) is 0.0130. The van der Waals surface area contributed by atoms with Crippen LogP contribution in [-0.4, -0.2) is 93.1 Å². The van der Waals surface area contributed by atoms with Crippen LogP contribution in [0, 0.1) is 0 Å². The van der Waals surface area contributed by atoms with E-state index in [1.165, 1.54) is 55.4 Å². The van der Waals surface area contributed by atoms with E-state index >= 15 is 0 Å². The number of anilines is 1. The third-order valence-corrected chi connectivity index (χ3v) is 9.21. The molecule has 19 heteroatoms. The molecule has 48 heavy (non-hydrogen) atoms. The number of hydrogen-bond donors (Lipinski definition) is 6. The number of aliphatic carboxylic acids is 3. The van der Waals surface area contributed by atoms with Crippen LogP contribution in [0.4, 0.5) is 5.13 Å². The number of carboxylic acid groups (broad SMARTS) is 3. The maximum atomic E-state index is 13.3. The van der Waals surface area contributed by atoms with Gasteiger partial charge in [-0.2, -0.15) is 0 Å². The third-order valence-electron chi connectivity index (χ3n) is 7.23. The van der Waals surface area contributed by atoms with Gasteiger partial charge in [0.1, 0.15) is 22.8 Å². The highest BCUT2D eigenvalue weighted by molar-refractivity contribution is 8.00. The molecule has 1 fully saturated rings. The highest BCUT2D eigenvalue weighted by Gasteiger charge is 2.54. The van der Waals surface area contributed by atoms with Gasteiger partial charge >= 0.3 is 17.9 Å². The van der Waals surface area contributed by atoms with E-state index in [0.29, 0.717) is 31.5 Å². The predicted molar refractivity (Wildman–Crippen MR) is 173 cm³/mol. The number of β-lactam (4-membered cyclic amide) rings is 1. The van der Waals surface area contributed by atoms with Gasteiger partial charge in [0.25, 0.3) is 11.8 Å².